The zero-order valence-corrected chi connectivity index (χ0v) is 19.1. The molecule has 1 saturated heterocycles. The normalized spacial score (nSPS) is 25.0. The van der Waals surface area contributed by atoms with E-state index in [0.29, 0.717) is 5.57 Å². The van der Waals surface area contributed by atoms with Crippen LogP contribution in [-0.4, -0.2) is 49.0 Å². The van der Waals surface area contributed by atoms with Gasteiger partial charge in [0.05, 0.1) is 24.7 Å². The summed E-state index contributed by atoms with van der Waals surface area (Å²) in [6, 6.07) is 7.56. The quantitative estimate of drug-likeness (QED) is 0.419. The van der Waals surface area contributed by atoms with E-state index in [4.69, 9.17) is 9.16 Å². The van der Waals surface area contributed by atoms with Crippen LogP contribution in [0.25, 0.3) is 0 Å². The molecule has 2 aliphatic rings. The molecular formula is C22H31NO5Si. The largest absolute Gasteiger partial charge is 0.456 e. The number of aliphatic hydroxyl groups is 1. The SMILES string of the molecule is Cc1ccc(COC(=O)C2=C(CO)C(C)C3C(C(C)O[Si](C)(C)C)C(=O)N23)cc1. The lowest BCUT2D eigenvalue weighted by Gasteiger charge is -2.48. The minimum Gasteiger partial charge on any atom is -0.456 e. The van der Waals surface area contributed by atoms with Gasteiger partial charge in [-0.1, -0.05) is 36.8 Å². The zero-order valence-electron chi connectivity index (χ0n) is 18.1. The topological polar surface area (TPSA) is 76.1 Å². The molecule has 0 spiro atoms. The van der Waals surface area contributed by atoms with Crippen molar-refractivity contribution in [3.05, 3.63) is 46.7 Å². The van der Waals surface area contributed by atoms with Crippen LogP contribution in [0.2, 0.25) is 19.6 Å². The standard InChI is InChI=1S/C22H31NO5Si/c1-13-7-9-16(10-8-13)12-27-22(26)20-17(11-24)14(2)19-18(21(25)23(19)20)15(3)28-29(4,5)6/h7-10,14-15,18-19,24H,11-12H2,1-6H3. The molecule has 3 rings (SSSR count). The first-order valence-electron chi connectivity index (χ1n) is 10.1. The fraction of sp³-hybridized carbons (Fsp3) is 0.545. The summed E-state index contributed by atoms with van der Waals surface area (Å²) in [6.45, 7) is 12.0. The van der Waals surface area contributed by atoms with Gasteiger partial charge in [0, 0.05) is 5.92 Å². The number of amides is 1. The molecule has 1 fully saturated rings. The summed E-state index contributed by atoms with van der Waals surface area (Å²) in [5.74, 6) is -1.11. The average Bonchev–Trinajstić information content (AvgIpc) is 2.87. The first kappa shape index (κ1) is 21.7. The first-order chi connectivity index (χ1) is 13.5. The second-order valence-corrected chi connectivity index (χ2v) is 13.5. The highest BCUT2D eigenvalue weighted by Gasteiger charge is 2.60. The van der Waals surface area contributed by atoms with Crippen molar-refractivity contribution in [1.29, 1.82) is 0 Å². The number of carbonyl (C=O) groups is 2. The Balaban J connectivity index is 1.75. The average molecular weight is 418 g/mol. The van der Waals surface area contributed by atoms with Gasteiger partial charge in [-0.2, -0.15) is 0 Å². The molecule has 0 aliphatic carbocycles. The lowest BCUT2D eigenvalue weighted by molar-refractivity contribution is -0.163. The highest BCUT2D eigenvalue weighted by atomic mass is 28.4. The van der Waals surface area contributed by atoms with Crippen LogP contribution < -0.4 is 0 Å². The Labute approximate surface area is 173 Å². The first-order valence-corrected chi connectivity index (χ1v) is 13.5. The molecule has 0 saturated carbocycles. The van der Waals surface area contributed by atoms with Crippen molar-refractivity contribution in [2.75, 3.05) is 6.61 Å². The van der Waals surface area contributed by atoms with Gasteiger partial charge in [0.1, 0.15) is 12.3 Å². The van der Waals surface area contributed by atoms with Crippen LogP contribution in [0.4, 0.5) is 0 Å². The molecule has 4 unspecified atom stereocenters. The van der Waals surface area contributed by atoms with Gasteiger partial charge < -0.3 is 19.2 Å². The summed E-state index contributed by atoms with van der Waals surface area (Å²) in [5.41, 5.74) is 2.78. The summed E-state index contributed by atoms with van der Waals surface area (Å²) in [5, 5.41) is 9.90. The number of aliphatic hydroxyl groups excluding tert-OH is 1. The Bertz CT molecular complexity index is 827. The molecule has 1 aromatic carbocycles. The number of carbonyl (C=O) groups excluding carboxylic acids is 2. The molecule has 6 nitrogen and oxygen atoms in total. The Morgan fingerprint density at radius 2 is 1.86 bits per heavy atom. The molecule has 29 heavy (non-hydrogen) atoms. The van der Waals surface area contributed by atoms with Crippen LogP contribution in [0.3, 0.4) is 0 Å². The smallest absolute Gasteiger partial charge is 0.355 e. The minimum atomic E-state index is -1.80. The van der Waals surface area contributed by atoms with Crippen molar-refractivity contribution in [3.8, 4) is 0 Å². The van der Waals surface area contributed by atoms with E-state index in [2.05, 4.69) is 19.6 Å². The summed E-state index contributed by atoms with van der Waals surface area (Å²) < 4.78 is 11.6. The highest BCUT2D eigenvalue weighted by Crippen LogP contribution is 2.48. The number of esters is 1. The van der Waals surface area contributed by atoms with Crippen molar-refractivity contribution in [1.82, 2.24) is 4.90 Å². The number of nitrogens with zero attached hydrogens (tertiary/aromatic N) is 1. The van der Waals surface area contributed by atoms with Crippen LogP contribution in [0, 0.1) is 18.8 Å². The molecule has 1 N–H and O–H groups in total. The maximum Gasteiger partial charge on any atom is 0.355 e. The molecule has 158 valence electrons. The van der Waals surface area contributed by atoms with E-state index < -0.39 is 14.3 Å². The van der Waals surface area contributed by atoms with Crippen LogP contribution in [0.15, 0.2) is 35.5 Å². The monoisotopic (exact) mass is 417 g/mol. The van der Waals surface area contributed by atoms with Gasteiger partial charge in [0.25, 0.3) is 0 Å². The van der Waals surface area contributed by atoms with Crippen LogP contribution in [0.1, 0.15) is 25.0 Å². The summed E-state index contributed by atoms with van der Waals surface area (Å²) in [6.07, 6.45) is -0.222. The van der Waals surface area contributed by atoms with Crippen molar-refractivity contribution < 1.29 is 23.9 Å². The van der Waals surface area contributed by atoms with Gasteiger partial charge in [-0.15, -0.1) is 0 Å². The Morgan fingerprint density at radius 1 is 1.24 bits per heavy atom. The summed E-state index contributed by atoms with van der Waals surface area (Å²) in [7, 11) is -1.80. The van der Waals surface area contributed by atoms with Crippen molar-refractivity contribution in [2.24, 2.45) is 11.8 Å². The third-order valence-corrected chi connectivity index (χ3v) is 6.77. The third kappa shape index (κ3) is 4.17. The zero-order chi connectivity index (χ0) is 21.5. The van der Waals surface area contributed by atoms with E-state index in [1.165, 1.54) is 4.90 Å². The number of ether oxygens (including phenoxy) is 1. The molecule has 7 heteroatoms. The molecule has 1 amide bonds. The number of hydrogen-bond acceptors (Lipinski definition) is 5. The molecule has 2 aliphatic heterocycles. The molecule has 0 radical (unpaired) electrons. The van der Waals surface area contributed by atoms with E-state index in [-0.39, 0.29) is 48.8 Å². The molecule has 1 aromatic rings. The van der Waals surface area contributed by atoms with Gasteiger partial charge in [0.2, 0.25) is 5.91 Å². The van der Waals surface area contributed by atoms with E-state index >= 15 is 0 Å². The second kappa shape index (κ2) is 8.05. The summed E-state index contributed by atoms with van der Waals surface area (Å²) in [4.78, 5) is 27.3. The van der Waals surface area contributed by atoms with E-state index in [1.807, 2.05) is 45.0 Å². The molecule has 0 aromatic heterocycles. The maximum absolute atomic E-state index is 12.9. The predicted molar refractivity (Wildman–Crippen MR) is 112 cm³/mol. The fourth-order valence-electron chi connectivity index (χ4n) is 4.36. The molecule has 2 heterocycles. The number of hydrogen-bond donors (Lipinski definition) is 1. The minimum absolute atomic E-state index is 0.114. The van der Waals surface area contributed by atoms with Crippen LogP contribution in [-0.2, 0) is 25.4 Å². The number of aryl methyl sites for hydroxylation is 1. The number of β-lactam (4-membered cyclic amide) rings is 1. The van der Waals surface area contributed by atoms with Crippen LogP contribution in [0.5, 0.6) is 0 Å². The van der Waals surface area contributed by atoms with Gasteiger partial charge in [0.15, 0.2) is 8.32 Å². The molecular weight excluding hydrogens is 386 g/mol. The lowest BCUT2D eigenvalue weighted by atomic mass is 9.78. The van der Waals surface area contributed by atoms with E-state index in [1.54, 1.807) is 0 Å². The molecule has 0 bridgehead atoms. The van der Waals surface area contributed by atoms with Gasteiger partial charge in [-0.25, -0.2) is 4.79 Å². The highest BCUT2D eigenvalue weighted by molar-refractivity contribution is 6.69. The van der Waals surface area contributed by atoms with E-state index in [0.717, 1.165) is 11.1 Å². The van der Waals surface area contributed by atoms with E-state index in [9.17, 15) is 14.7 Å². The maximum atomic E-state index is 12.9. The Morgan fingerprint density at radius 3 is 2.41 bits per heavy atom. The van der Waals surface area contributed by atoms with Gasteiger partial charge >= 0.3 is 5.97 Å². The Kier molecular flexibility index (Phi) is 6.03. The van der Waals surface area contributed by atoms with Gasteiger partial charge in [-0.05, 0) is 44.6 Å². The van der Waals surface area contributed by atoms with Crippen LogP contribution >= 0.6 is 0 Å². The second-order valence-electron chi connectivity index (χ2n) is 9.04. The molecule has 4 atom stereocenters. The summed E-state index contributed by atoms with van der Waals surface area (Å²) >= 11 is 0. The van der Waals surface area contributed by atoms with Crippen molar-refractivity contribution >= 4 is 20.2 Å². The van der Waals surface area contributed by atoms with Crippen molar-refractivity contribution in [3.63, 3.8) is 0 Å². The third-order valence-electron chi connectivity index (χ3n) is 5.70. The van der Waals surface area contributed by atoms with Gasteiger partial charge in [-0.3, -0.25) is 4.79 Å². The lowest BCUT2D eigenvalue weighted by Crippen LogP contribution is -2.64. The van der Waals surface area contributed by atoms with Crippen molar-refractivity contribution in [2.45, 2.75) is 59.2 Å². The predicted octanol–water partition coefficient (Wildman–Crippen LogP) is 3.00. The number of benzene rings is 1. The fourth-order valence-corrected chi connectivity index (χ4v) is 5.62. The Hall–Kier alpha value is -1.96. The number of fused-ring (bicyclic) bond motifs is 1. The number of rotatable bonds is 7.